The van der Waals surface area contributed by atoms with Crippen molar-refractivity contribution >= 4 is 71.1 Å². The summed E-state index contributed by atoms with van der Waals surface area (Å²) in [5.41, 5.74) is 12.3. The van der Waals surface area contributed by atoms with Crippen LogP contribution in [0.5, 0.6) is 11.5 Å². The van der Waals surface area contributed by atoms with Crippen molar-refractivity contribution in [3.8, 4) is 11.5 Å². The monoisotopic (exact) mass is 1230 g/mol. The fraction of sp³-hybridized carbons (Fsp3) is 0.579. The lowest BCUT2D eigenvalue weighted by Gasteiger charge is -2.30. The summed E-state index contributed by atoms with van der Waals surface area (Å²) in [4.78, 5) is 160. The van der Waals surface area contributed by atoms with Crippen molar-refractivity contribution in [3.63, 3.8) is 0 Å². The summed E-state index contributed by atoms with van der Waals surface area (Å²) in [6, 6.07) is -4.40. The number of phenolic OH excluding ortho intramolecular Hbond substituents is 2. The third kappa shape index (κ3) is 26.8. The molecule has 2 rings (SSSR count). The lowest BCUT2D eigenvalue weighted by molar-refractivity contribution is -0.143. The number of phenols is 2. The summed E-state index contributed by atoms with van der Waals surface area (Å²) >= 11 is 0. The molecule has 0 heterocycles. The number of carboxylic acids is 3. The van der Waals surface area contributed by atoms with Crippen LogP contribution in [-0.4, -0.2) is 186 Å². The molecule has 0 fully saturated rings. The molecule has 9 amide bonds. The van der Waals surface area contributed by atoms with Crippen LogP contribution in [0.2, 0.25) is 0 Å². The summed E-state index contributed by atoms with van der Waals surface area (Å²) in [5.74, 6) is -14.9. The first kappa shape index (κ1) is 74.6. The quantitative estimate of drug-likeness (QED) is 0.0302. The average molecular weight is 1230 g/mol. The van der Waals surface area contributed by atoms with Crippen molar-refractivity contribution in [1.29, 1.82) is 0 Å². The predicted octanol–water partition coefficient (Wildman–Crippen LogP) is -2.75. The zero-order valence-corrected chi connectivity index (χ0v) is 49.9. The van der Waals surface area contributed by atoms with E-state index in [0.29, 0.717) is 17.5 Å². The van der Waals surface area contributed by atoms with E-state index >= 15 is 0 Å². The predicted molar refractivity (Wildman–Crippen MR) is 311 cm³/mol. The van der Waals surface area contributed by atoms with Gasteiger partial charge >= 0.3 is 17.9 Å². The van der Waals surface area contributed by atoms with E-state index in [1.807, 2.05) is 0 Å². The molecule has 20 N–H and O–H groups in total. The van der Waals surface area contributed by atoms with E-state index in [1.54, 1.807) is 41.5 Å². The number of carboxylic acid groups (broad SMARTS) is 3. The van der Waals surface area contributed by atoms with Crippen molar-refractivity contribution in [2.75, 3.05) is 13.2 Å². The van der Waals surface area contributed by atoms with E-state index in [2.05, 4.69) is 47.9 Å². The Hall–Kier alpha value is -8.48. The minimum Gasteiger partial charge on any atom is -0.508 e. The van der Waals surface area contributed by atoms with Gasteiger partial charge in [0, 0.05) is 25.7 Å². The normalized spacial score (nSPS) is 15.1. The van der Waals surface area contributed by atoms with Gasteiger partial charge in [-0.05, 0) is 105 Å². The highest BCUT2D eigenvalue weighted by atomic mass is 16.4. The number of aliphatic hydroxyl groups excluding tert-OH is 2. The summed E-state index contributed by atoms with van der Waals surface area (Å²) in [6.45, 7) is 9.97. The average Bonchev–Trinajstić information content (AvgIpc) is 2.36. The van der Waals surface area contributed by atoms with Crippen LogP contribution < -0.4 is 59.3 Å². The van der Waals surface area contributed by atoms with E-state index < -0.39 is 175 Å². The molecule has 0 aliphatic carbocycles. The number of amides is 9. The molecular formula is C57H87N11O19. The summed E-state index contributed by atoms with van der Waals surface area (Å²) in [6.07, 6.45) is -3.50. The van der Waals surface area contributed by atoms with Crippen LogP contribution in [0, 0.1) is 17.8 Å². The molecule has 30 heteroatoms. The number of hydrogen-bond acceptors (Lipinski definition) is 18. The second-order valence-corrected chi connectivity index (χ2v) is 22.2. The molecule has 2 aromatic carbocycles. The molecule has 2 aromatic rings. The molecule has 484 valence electrons. The van der Waals surface area contributed by atoms with Gasteiger partial charge in [-0.15, -0.1) is 0 Å². The third-order valence-corrected chi connectivity index (χ3v) is 13.6. The minimum absolute atomic E-state index is 0.0402. The van der Waals surface area contributed by atoms with Gasteiger partial charge < -0.3 is 95.1 Å². The van der Waals surface area contributed by atoms with Gasteiger partial charge in [-0.25, -0.2) is 4.79 Å². The van der Waals surface area contributed by atoms with E-state index in [9.17, 15) is 88.2 Å². The second-order valence-electron chi connectivity index (χ2n) is 22.2. The highest BCUT2D eigenvalue weighted by molar-refractivity contribution is 5.99. The SMILES string of the molecule is CC(C)C[C@H](NC(=O)[C@@H](NC(=O)[C@H](CCCCN)NC(=O)[C@@H](NC(=O)[C@H](Cc1ccc(O)cc1)NC(=O)[C@H](CO)NC(=O)[C@@H](NC(=O)[C@@H](N)CCC(=O)O)[C@@H](C)O)C(C)C)C(C)C)C(=O)N[C@@H](CCC(=O)O)C(=O)N[C@@H](Cc1ccc(O)cc1)C(=O)O. The lowest BCUT2D eigenvalue weighted by atomic mass is 9.98. The number of aromatic hydroxyl groups is 2. The molecule has 30 nitrogen and oxygen atoms in total. The number of rotatable bonds is 39. The van der Waals surface area contributed by atoms with Crippen molar-refractivity contribution in [2.45, 2.75) is 179 Å². The molecule has 0 unspecified atom stereocenters. The molecule has 0 aromatic heterocycles. The number of nitrogens with one attached hydrogen (secondary N) is 9. The largest absolute Gasteiger partial charge is 0.508 e. The zero-order valence-electron chi connectivity index (χ0n) is 49.9. The first-order valence-electron chi connectivity index (χ1n) is 28.5. The van der Waals surface area contributed by atoms with Crippen molar-refractivity contribution in [1.82, 2.24) is 47.9 Å². The maximum absolute atomic E-state index is 14.3. The van der Waals surface area contributed by atoms with Crippen LogP contribution in [0.4, 0.5) is 0 Å². The number of unbranched alkanes of at least 4 members (excludes halogenated alkanes) is 1. The Bertz CT molecular complexity index is 2660. The van der Waals surface area contributed by atoms with Crippen LogP contribution in [0.15, 0.2) is 48.5 Å². The fourth-order valence-corrected chi connectivity index (χ4v) is 8.59. The molecule has 0 bridgehead atoms. The molecule has 0 aliphatic heterocycles. The number of carbonyl (C=O) groups is 12. The first-order chi connectivity index (χ1) is 40.8. The van der Waals surface area contributed by atoms with Crippen molar-refractivity contribution < 1.29 is 93.3 Å². The van der Waals surface area contributed by atoms with Gasteiger partial charge in [0.15, 0.2) is 0 Å². The van der Waals surface area contributed by atoms with Crippen molar-refractivity contribution in [2.24, 2.45) is 29.2 Å². The first-order valence-corrected chi connectivity index (χ1v) is 28.5. The van der Waals surface area contributed by atoms with E-state index in [0.717, 1.165) is 6.92 Å². The van der Waals surface area contributed by atoms with Gasteiger partial charge in [0.1, 0.15) is 65.9 Å². The summed E-state index contributed by atoms with van der Waals surface area (Å²) < 4.78 is 0. The van der Waals surface area contributed by atoms with Crippen LogP contribution in [0.1, 0.15) is 111 Å². The molecule has 0 saturated carbocycles. The smallest absolute Gasteiger partial charge is 0.326 e. The summed E-state index contributed by atoms with van der Waals surface area (Å²) in [7, 11) is 0. The Morgan fingerprint density at radius 2 is 0.805 bits per heavy atom. The molecule has 0 radical (unpaired) electrons. The maximum atomic E-state index is 14.3. The van der Waals surface area contributed by atoms with E-state index in [1.165, 1.54) is 48.5 Å². The van der Waals surface area contributed by atoms with Crippen molar-refractivity contribution in [3.05, 3.63) is 59.7 Å². The van der Waals surface area contributed by atoms with Gasteiger partial charge in [-0.2, -0.15) is 0 Å². The number of hydrogen-bond donors (Lipinski definition) is 18. The Morgan fingerprint density at radius 3 is 1.25 bits per heavy atom. The Balaban J connectivity index is 2.42. The third-order valence-electron chi connectivity index (χ3n) is 13.6. The molecular weight excluding hydrogens is 1140 g/mol. The Kier molecular flexibility index (Phi) is 31.9. The minimum atomic E-state index is -1.83. The van der Waals surface area contributed by atoms with Gasteiger partial charge in [0.2, 0.25) is 53.2 Å². The molecule has 87 heavy (non-hydrogen) atoms. The lowest BCUT2D eigenvalue weighted by Crippen LogP contribution is -2.62. The number of aliphatic hydroxyl groups is 2. The number of benzene rings is 2. The fourth-order valence-electron chi connectivity index (χ4n) is 8.59. The highest BCUT2D eigenvalue weighted by Crippen LogP contribution is 2.16. The molecule has 11 atom stereocenters. The van der Waals surface area contributed by atoms with Gasteiger partial charge in [-0.1, -0.05) is 65.8 Å². The number of aliphatic carboxylic acids is 3. The number of nitrogens with two attached hydrogens (primary N) is 2. The zero-order chi connectivity index (χ0) is 65.8. The standard InChI is InChI=1S/C57H87N11O19/c1-28(2)24-39(51(80)60-38(20-22-44(75)76)49(78)64-41(57(86)87)26-33-13-17-35(72)18-14-33)63-55(84)46(30(5)6)66-50(79)37(10-8-9-23-58)61-54(83)45(29(3)4)67-52(81)40(25-32-11-15-34(71)16-12-32)62-53(82)42(27-69)65-56(85)47(31(7)70)68-48(77)36(59)19-21-43(73)74/h11-18,28-31,36-42,45-47,69-72H,8-10,19-27,58-59H2,1-7H3,(H,60,80)(H,61,83)(H,62,82)(H,63,84)(H,64,78)(H,65,85)(H,66,79)(H,67,81)(H,68,77)(H,73,74)(H,75,76)(H,86,87)/t31-,36+,37+,38+,39+,40+,41+,42+,45+,46+,47+/m1/s1. The van der Waals surface area contributed by atoms with E-state index in [-0.39, 0.29) is 62.5 Å². The molecule has 0 aliphatic rings. The van der Waals surface area contributed by atoms with Crippen LogP contribution >= 0.6 is 0 Å². The number of carbonyl (C=O) groups excluding carboxylic acids is 9. The van der Waals surface area contributed by atoms with E-state index in [4.69, 9.17) is 16.6 Å². The molecule has 0 saturated heterocycles. The Morgan fingerprint density at radius 1 is 0.437 bits per heavy atom. The Labute approximate surface area is 503 Å². The summed E-state index contributed by atoms with van der Waals surface area (Å²) in [5, 5.41) is 90.7. The topological polar surface area (TPSA) is 507 Å². The van der Waals surface area contributed by atoms with Gasteiger partial charge in [0.25, 0.3) is 0 Å². The van der Waals surface area contributed by atoms with Crippen LogP contribution in [0.3, 0.4) is 0 Å². The highest BCUT2D eigenvalue weighted by Gasteiger charge is 2.38. The van der Waals surface area contributed by atoms with Crippen LogP contribution in [0.25, 0.3) is 0 Å². The second kappa shape index (κ2) is 37.2. The molecule has 0 spiro atoms. The van der Waals surface area contributed by atoms with Crippen LogP contribution in [-0.2, 0) is 70.4 Å². The van der Waals surface area contributed by atoms with Gasteiger partial charge in [-0.3, -0.25) is 52.7 Å². The maximum Gasteiger partial charge on any atom is 0.326 e. The van der Waals surface area contributed by atoms with Gasteiger partial charge in [0.05, 0.1) is 18.8 Å².